The molecule has 2 N–H and O–H groups in total. The second-order valence-electron chi connectivity index (χ2n) is 7.38. The predicted octanol–water partition coefficient (Wildman–Crippen LogP) is 4.58. The Labute approximate surface area is 202 Å². The molecule has 2 heterocycles. The summed E-state index contributed by atoms with van der Waals surface area (Å²) in [7, 11) is 0. The molecule has 1 aromatic heterocycles. The van der Waals surface area contributed by atoms with Crippen molar-refractivity contribution < 1.29 is 33.0 Å². The molecule has 8 nitrogen and oxygen atoms in total. The number of rotatable bonds is 10. The predicted molar refractivity (Wildman–Crippen MR) is 121 cm³/mol. The molecule has 12 heteroatoms. The summed E-state index contributed by atoms with van der Waals surface area (Å²) >= 11 is 8.19. The van der Waals surface area contributed by atoms with Gasteiger partial charge >= 0.3 is 11.5 Å². The minimum absolute atomic E-state index is 0.0195. The SMILES string of the molecule is O=C(O)CCOCC1CCN(c2ncc(C(=O)Nc3ccc(OC(F)(F)Cl)cc3)cc2Br)C1. The van der Waals surface area contributed by atoms with Crippen LogP contribution < -0.4 is 15.0 Å². The number of carboxylic acid groups (broad SMARTS) is 1. The van der Waals surface area contributed by atoms with Crippen molar-refractivity contribution in [3.63, 3.8) is 0 Å². The molecule has 0 aliphatic carbocycles. The lowest BCUT2D eigenvalue weighted by molar-refractivity contribution is -0.138. The molecule has 2 aromatic rings. The molecule has 0 spiro atoms. The number of halogens is 4. The van der Waals surface area contributed by atoms with E-state index < -0.39 is 17.4 Å². The van der Waals surface area contributed by atoms with Crippen molar-refractivity contribution in [2.75, 3.05) is 36.5 Å². The summed E-state index contributed by atoms with van der Waals surface area (Å²) in [5.74, 6) is -0.484. The van der Waals surface area contributed by atoms with Crippen LogP contribution in [-0.4, -0.2) is 53.8 Å². The third-order valence-electron chi connectivity index (χ3n) is 4.83. The number of benzene rings is 1. The van der Waals surface area contributed by atoms with Gasteiger partial charge in [0.1, 0.15) is 11.6 Å². The molecule has 33 heavy (non-hydrogen) atoms. The van der Waals surface area contributed by atoms with Crippen molar-refractivity contribution in [2.24, 2.45) is 5.92 Å². The molecule has 1 aliphatic heterocycles. The number of hydrogen-bond donors (Lipinski definition) is 2. The number of alkyl halides is 3. The summed E-state index contributed by atoms with van der Waals surface area (Å²) in [6, 6.07) is 7.00. The summed E-state index contributed by atoms with van der Waals surface area (Å²) in [6.07, 6.45) is 2.32. The highest BCUT2D eigenvalue weighted by atomic mass is 79.9. The Hall–Kier alpha value is -2.50. The molecule has 1 saturated heterocycles. The van der Waals surface area contributed by atoms with Crippen LogP contribution in [0.1, 0.15) is 23.2 Å². The first kappa shape index (κ1) is 25.1. The van der Waals surface area contributed by atoms with E-state index in [9.17, 15) is 18.4 Å². The summed E-state index contributed by atoms with van der Waals surface area (Å²) in [6.45, 7) is 2.14. The molecule has 1 atom stereocenters. The smallest absolute Gasteiger partial charge is 0.481 e. The number of nitrogens with one attached hydrogen (secondary N) is 1. The van der Waals surface area contributed by atoms with Crippen LogP contribution >= 0.6 is 27.5 Å². The number of aliphatic carboxylic acids is 1. The van der Waals surface area contributed by atoms with Gasteiger partial charge in [-0.3, -0.25) is 9.59 Å². The fraction of sp³-hybridized carbons (Fsp3) is 0.381. The quantitative estimate of drug-likeness (QED) is 0.331. The maximum absolute atomic E-state index is 12.7. The van der Waals surface area contributed by atoms with Crippen molar-refractivity contribution in [3.8, 4) is 5.75 Å². The van der Waals surface area contributed by atoms with Crippen molar-refractivity contribution in [3.05, 3.63) is 46.6 Å². The molecule has 178 valence electrons. The maximum atomic E-state index is 12.7. The number of nitrogens with zero attached hydrogens (tertiary/aromatic N) is 2. The van der Waals surface area contributed by atoms with Crippen LogP contribution in [0.5, 0.6) is 5.75 Å². The highest BCUT2D eigenvalue weighted by Gasteiger charge is 2.28. The number of carbonyl (C=O) groups excluding carboxylic acids is 1. The van der Waals surface area contributed by atoms with Gasteiger partial charge in [0.15, 0.2) is 0 Å². The van der Waals surface area contributed by atoms with E-state index in [0.29, 0.717) is 34.7 Å². The van der Waals surface area contributed by atoms with Crippen LogP contribution in [-0.2, 0) is 9.53 Å². The molecule has 0 radical (unpaired) electrons. The molecule has 1 fully saturated rings. The molecule has 1 aromatic carbocycles. The van der Waals surface area contributed by atoms with E-state index in [1.807, 2.05) is 0 Å². The van der Waals surface area contributed by atoms with E-state index in [1.54, 1.807) is 6.07 Å². The standard InChI is InChI=1S/C21H21BrClF2N3O5/c22-17-9-14(20(31)27-15-1-3-16(4-2-15)33-21(23,24)25)10-26-19(17)28-7-5-13(11-28)12-32-8-6-18(29)30/h1-4,9-10,13H,5-8,11-12H2,(H,27,31)(H,29,30). The Morgan fingerprint density at radius 2 is 2.06 bits per heavy atom. The number of carbonyl (C=O) groups is 2. The minimum Gasteiger partial charge on any atom is -0.481 e. The minimum atomic E-state index is -3.81. The Morgan fingerprint density at radius 1 is 1.33 bits per heavy atom. The Morgan fingerprint density at radius 3 is 2.70 bits per heavy atom. The van der Waals surface area contributed by atoms with Crippen LogP contribution in [0.15, 0.2) is 41.0 Å². The monoisotopic (exact) mass is 547 g/mol. The first-order chi connectivity index (χ1) is 15.6. The second kappa shape index (κ2) is 11.1. The van der Waals surface area contributed by atoms with E-state index in [4.69, 9.17) is 21.4 Å². The number of amides is 1. The van der Waals surface area contributed by atoms with Crippen LogP contribution in [0.4, 0.5) is 20.3 Å². The van der Waals surface area contributed by atoms with Gasteiger partial charge in [-0.05, 0) is 52.7 Å². The largest absolute Gasteiger partial charge is 0.487 e. The average Bonchev–Trinajstić information content (AvgIpc) is 3.20. The second-order valence-corrected chi connectivity index (χ2v) is 8.67. The fourth-order valence-corrected chi connectivity index (χ4v) is 3.99. The normalized spacial score (nSPS) is 16.0. The van der Waals surface area contributed by atoms with Crippen molar-refractivity contribution in [1.82, 2.24) is 4.98 Å². The summed E-state index contributed by atoms with van der Waals surface area (Å²) in [5, 5.41) is 11.3. The van der Waals surface area contributed by atoms with Gasteiger partial charge in [-0.1, -0.05) is 0 Å². The lowest BCUT2D eigenvalue weighted by Gasteiger charge is -2.19. The molecule has 1 unspecified atom stereocenters. The number of anilines is 2. The summed E-state index contributed by atoms with van der Waals surface area (Å²) in [5.41, 5.74) is -3.12. The van der Waals surface area contributed by atoms with Gasteiger partial charge in [0.2, 0.25) is 0 Å². The number of carboxylic acids is 1. The van der Waals surface area contributed by atoms with Gasteiger partial charge < -0.3 is 24.8 Å². The van der Waals surface area contributed by atoms with Crippen LogP contribution in [0, 0.1) is 5.92 Å². The zero-order valence-electron chi connectivity index (χ0n) is 17.3. The van der Waals surface area contributed by atoms with Crippen LogP contribution in [0.2, 0.25) is 0 Å². The number of aromatic nitrogens is 1. The van der Waals surface area contributed by atoms with E-state index in [0.717, 1.165) is 13.0 Å². The lowest BCUT2D eigenvalue weighted by Crippen LogP contribution is -2.23. The topological polar surface area (TPSA) is 101 Å². The molecule has 3 rings (SSSR count). The van der Waals surface area contributed by atoms with Gasteiger partial charge in [-0.15, -0.1) is 8.78 Å². The number of ether oxygens (including phenoxy) is 2. The third-order valence-corrected chi connectivity index (χ3v) is 5.49. The van der Waals surface area contributed by atoms with Gasteiger partial charge in [0.05, 0.1) is 29.7 Å². The molecular formula is C21H21BrClF2N3O5. The van der Waals surface area contributed by atoms with Gasteiger partial charge in [0, 0.05) is 42.5 Å². The van der Waals surface area contributed by atoms with Gasteiger partial charge in [0.25, 0.3) is 5.91 Å². The average molecular weight is 549 g/mol. The first-order valence-electron chi connectivity index (χ1n) is 9.98. The van der Waals surface area contributed by atoms with E-state index >= 15 is 0 Å². The number of hydrogen-bond acceptors (Lipinski definition) is 6. The lowest BCUT2D eigenvalue weighted by atomic mass is 10.1. The summed E-state index contributed by atoms with van der Waals surface area (Å²) in [4.78, 5) is 29.6. The Kier molecular flexibility index (Phi) is 8.44. The van der Waals surface area contributed by atoms with Crippen molar-refractivity contribution in [1.29, 1.82) is 0 Å². The maximum Gasteiger partial charge on any atom is 0.487 e. The van der Waals surface area contributed by atoms with Crippen LogP contribution in [0.3, 0.4) is 0 Å². The third kappa shape index (κ3) is 7.79. The fourth-order valence-electron chi connectivity index (χ4n) is 3.30. The van der Waals surface area contributed by atoms with E-state index in [1.165, 1.54) is 30.5 Å². The highest BCUT2D eigenvalue weighted by Crippen LogP contribution is 2.30. The van der Waals surface area contributed by atoms with Crippen molar-refractivity contribution in [2.45, 2.75) is 18.4 Å². The molecule has 0 saturated carbocycles. The van der Waals surface area contributed by atoms with E-state index in [-0.39, 0.29) is 24.7 Å². The van der Waals surface area contributed by atoms with Crippen molar-refractivity contribution >= 4 is 50.9 Å². The zero-order chi connectivity index (χ0) is 24.0. The molecule has 1 amide bonds. The zero-order valence-corrected chi connectivity index (χ0v) is 19.6. The van der Waals surface area contributed by atoms with E-state index in [2.05, 4.69) is 35.9 Å². The molecule has 0 bridgehead atoms. The molecular weight excluding hydrogens is 528 g/mol. The summed E-state index contributed by atoms with van der Waals surface area (Å²) < 4.78 is 35.7. The Balaban J connectivity index is 1.54. The van der Waals surface area contributed by atoms with Gasteiger partial charge in [-0.2, -0.15) is 0 Å². The van der Waals surface area contributed by atoms with Crippen LogP contribution in [0.25, 0.3) is 0 Å². The first-order valence-corrected chi connectivity index (χ1v) is 11.1. The highest BCUT2D eigenvalue weighted by molar-refractivity contribution is 9.10. The van der Waals surface area contributed by atoms with Gasteiger partial charge in [-0.25, -0.2) is 4.98 Å². The number of pyridine rings is 1. The molecule has 1 aliphatic rings. The Bertz CT molecular complexity index is 991.